The van der Waals surface area contributed by atoms with Crippen molar-refractivity contribution in [1.82, 2.24) is 4.98 Å². The van der Waals surface area contributed by atoms with Crippen molar-refractivity contribution in [2.75, 3.05) is 0 Å². The average Bonchev–Trinajstić information content (AvgIpc) is 2.73. The number of rotatable bonds is 1. The molecule has 0 saturated heterocycles. The first-order valence-corrected chi connectivity index (χ1v) is 5.62. The summed E-state index contributed by atoms with van der Waals surface area (Å²) in [5.74, 6) is 1.14. The highest BCUT2D eigenvalue weighted by Crippen LogP contribution is 2.57. The van der Waals surface area contributed by atoms with Crippen LogP contribution in [-0.4, -0.2) is 4.98 Å². The molecule has 3 fully saturated rings. The van der Waals surface area contributed by atoms with Crippen molar-refractivity contribution in [2.45, 2.75) is 50.9 Å². The Bertz CT molecular complexity index is 304. The second-order valence-corrected chi connectivity index (χ2v) is 5.46. The van der Waals surface area contributed by atoms with Crippen LogP contribution in [0.3, 0.4) is 0 Å². The van der Waals surface area contributed by atoms with E-state index in [0.717, 1.165) is 5.76 Å². The molecule has 3 aliphatic rings. The molecule has 1 heterocycles. The van der Waals surface area contributed by atoms with Crippen LogP contribution in [0.15, 0.2) is 17.0 Å². The van der Waals surface area contributed by atoms with Crippen molar-refractivity contribution >= 4 is 0 Å². The molecule has 1 aromatic heterocycles. The molecule has 4 rings (SSSR count). The molecule has 3 saturated carbocycles. The zero-order valence-corrected chi connectivity index (χ0v) is 8.75. The molecule has 0 aromatic carbocycles. The zero-order valence-electron chi connectivity index (χ0n) is 8.75. The lowest BCUT2D eigenvalue weighted by atomic mass is 9.54. The van der Waals surface area contributed by atoms with Crippen LogP contribution in [0.5, 0.6) is 0 Å². The number of hydrogen-bond donors (Lipinski definition) is 0. The summed E-state index contributed by atoms with van der Waals surface area (Å²) in [5.41, 5.74) is 0.996. The molecule has 0 N–H and O–H groups in total. The van der Waals surface area contributed by atoms with Gasteiger partial charge in [-0.3, -0.25) is 0 Å². The van der Waals surface area contributed by atoms with E-state index >= 15 is 0 Å². The van der Waals surface area contributed by atoms with Crippen LogP contribution in [0.4, 0.5) is 0 Å². The van der Waals surface area contributed by atoms with E-state index in [-0.39, 0.29) is 0 Å². The largest absolute Gasteiger partial charge is 0.448 e. The van der Waals surface area contributed by atoms with E-state index in [2.05, 4.69) is 11.9 Å². The van der Waals surface area contributed by atoms with E-state index in [1.165, 1.54) is 38.5 Å². The number of oxazole rings is 1. The van der Waals surface area contributed by atoms with E-state index in [1.807, 2.05) is 6.20 Å². The number of aromatic nitrogens is 1. The van der Waals surface area contributed by atoms with Crippen LogP contribution in [0.2, 0.25) is 0 Å². The molecule has 0 amide bonds. The highest BCUT2D eigenvalue weighted by molar-refractivity contribution is 5.16. The highest BCUT2D eigenvalue weighted by Gasteiger charge is 2.48. The van der Waals surface area contributed by atoms with Gasteiger partial charge in [-0.05, 0) is 43.9 Å². The summed E-state index contributed by atoms with van der Waals surface area (Å²) in [4.78, 5) is 4.06. The molecule has 1 aromatic rings. The van der Waals surface area contributed by atoms with Gasteiger partial charge in [-0.25, -0.2) is 4.98 Å². The summed E-state index contributed by atoms with van der Waals surface area (Å²) in [6.45, 7) is 2.44. The molecular formula is C12H17NO. The van der Waals surface area contributed by atoms with Crippen molar-refractivity contribution in [2.24, 2.45) is 5.41 Å². The minimum Gasteiger partial charge on any atom is -0.448 e. The minimum atomic E-state index is 0.355. The fourth-order valence-corrected chi connectivity index (χ4v) is 3.22. The summed E-state index contributed by atoms with van der Waals surface area (Å²) in [6.07, 6.45) is 11.5. The first-order chi connectivity index (χ1) is 6.73. The van der Waals surface area contributed by atoms with E-state index < -0.39 is 0 Å². The molecule has 14 heavy (non-hydrogen) atoms. The maximum atomic E-state index is 5.51. The summed E-state index contributed by atoms with van der Waals surface area (Å²) in [5, 5.41) is 0. The van der Waals surface area contributed by atoms with Gasteiger partial charge in [0.2, 0.25) is 0 Å². The monoisotopic (exact) mass is 191 g/mol. The van der Waals surface area contributed by atoms with Crippen LogP contribution >= 0.6 is 0 Å². The Kier molecular flexibility index (Phi) is 1.59. The third-order valence-corrected chi connectivity index (χ3v) is 4.58. The van der Waals surface area contributed by atoms with Gasteiger partial charge in [0.1, 0.15) is 5.76 Å². The van der Waals surface area contributed by atoms with E-state index in [9.17, 15) is 0 Å². The summed E-state index contributed by atoms with van der Waals surface area (Å²) < 4.78 is 5.51. The second-order valence-electron chi connectivity index (χ2n) is 5.46. The van der Waals surface area contributed by atoms with Gasteiger partial charge in [0.25, 0.3) is 0 Å². The van der Waals surface area contributed by atoms with Gasteiger partial charge in [0.05, 0.1) is 6.20 Å². The predicted molar refractivity (Wildman–Crippen MR) is 54.0 cm³/mol. The Morgan fingerprint density at radius 3 is 2.29 bits per heavy atom. The Balaban J connectivity index is 1.93. The van der Waals surface area contributed by atoms with Crippen LogP contribution in [-0.2, 0) is 5.41 Å². The Hall–Kier alpha value is -0.790. The molecule has 76 valence electrons. The molecule has 0 spiro atoms. The van der Waals surface area contributed by atoms with Gasteiger partial charge in [-0.15, -0.1) is 0 Å². The minimum absolute atomic E-state index is 0.355. The average molecular weight is 191 g/mol. The quantitative estimate of drug-likeness (QED) is 0.680. The Labute approximate surface area is 84.7 Å². The van der Waals surface area contributed by atoms with Crippen molar-refractivity contribution in [3.63, 3.8) is 0 Å². The standard InChI is InChI=1S/C12H17NO/c1-11-2-5-12(6-3-11,7-4-11)10-8-13-9-14-10/h8-9H,2-7H2,1H3. The first-order valence-electron chi connectivity index (χ1n) is 5.62. The fourth-order valence-electron chi connectivity index (χ4n) is 3.22. The maximum absolute atomic E-state index is 5.51. The lowest BCUT2D eigenvalue weighted by Crippen LogP contribution is -2.42. The van der Waals surface area contributed by atoms with E-state index in [4.69, 9.17) is 4.42 Å². The van der Waals surface area contributed by atoms with Crippen LogP contribution < -0.4 is 0 Å². The third-order valence-electron chi connectivity index (χ3n) is 4.58. The van der Waals surface area contributed by atoms with Gasteiger partial charge < -0.3 is 4.42 Å². The lowest BCUT2D eigenvalue weighted by Gasteiger charge is -2.50. The molecule has 2 heteroatoms. The van der Waals surface area contributed by atoms with Crippen molar-refractivity contribution in [3.05, 3.63) is 18.4 Å². The first kappa shape index (κ1) is 8.51. The Morgan fingerprint density at radius 1 is 1.14 bits per heavy atom. The van der Waals surface area contributed by atoms with Crippen molar-refractivity contribution in [3.8, 4) is 0 Å². The Morgan fingerprint density at radius 2 is 1.79 bits per heavy atom. The fraction of sp³-hybridized carbons (Fsp3) is 0.750. The van der Waals surface area contributed by atoms with E-state index in [1.54, 1.807) is 6.39 Å². The van der Waals surface area contributed by atoms with Crippen LogP contribution in [0.25, 0.3) is 0 Å². The highest BCUT2D eigenvalue weighted by atomic mass is 16.3. The molecule has 3 aliphatic carbocycles. The topological polar surface area (TPSA) is 26.0 Å². The van der Waals surface area contributed by atoms with Gasteiger partial charge >= 0.3 is 0 Å². The molecule has 2 nitrogen and oxygen atoms in total. The van der Waals surface area contributed by atoms with Crippen LogP contribution in [0.1, 0.15) is 51.2 Å². The van der Waals surface area contributed by atoms with Crippen molar-refractivity contribution in [1.29, 1.82) is 0 Å². The van der Waals surface area contributed by atoms with E-state index in [0.29, 0.717) is 10.8 Å². The zero-order chi connectivity index (χ0) is 9.65. The van der Waals surface area contributed by atoms with Gasteiger partial charge in [-0.2, -0.15) is 0 Å². The summed E-state index contributed by atoms with van der Waals surface area (Å²) in [7, 11) is 0. The predicted octanol–water partition coefficient (Wildman–Crippen LogP) is 3.29. The third kappa shape index (κ3) is 1.06. The van der Waals surface area contributed by atoms with Gasteiger partial charge in [-0.1, -0.05) is 6.92 Å². The number of hydrogen-bond acceptors (Lipinski definition) is 2. The number of fused-ring (bicyclic) bond motifs is 3. The molecule has 0 radical (unpaired) electrons. The molecule has 0 aliphatic heterocycles. The van der Waals surface area contributed by atoms with Crippen LogP contribution in [0, 0.1) is 5.41 Å². The summed E-state index contributed by atoms with van der Waals surface area (Å²) >= 11 is 0. The van der Waals surface area contributed by atoms with Gasteiger partial charge in [0, 0.05) is 5.41 Å². The lowest BCUT2D eigenvalue weighted by molar-refractivity contribution is 0.0431. The summed E-state index contributed by atoms with van der Waals surface area (Å²) in [6, 6.07) is 0. The van der Waals surface area contributed by atoms with Gasteiger partial charge in [0.15, 0.2) is 6.39 Å². The molecule has 0 unspecified atom stereocenters. The SMILES string of the molecule is CC12CCC(c3cnco3)(CC1)CC2. The smallest absolute Gasteiger partial charge is 0.180 e. The molecule has 2 bridgehead atoms. The number of nitrogens with zero attached hydrogens (tertiary/aromatic N) is 1. The second kappa shape index (κ2) is 2.62. The maximum Gasteiger partial charge on any atom is 0.180 e. The normalized spacial score (nSPS) is 41.5. The molecule has 0 atom stereocenters. The van der Waals surface area contributed by atoms with Crippen molar-refractivity contribution < 1.29 is 4.42 Å². The molecular weight excluding hydrogens is 174 g/mol.